The van der Waals surface area contributed by atoms with E-state index in [1.54, 1.807) is 6.07 Å². The molecule has 1 aromatic rings. The third-order valence-corrected chi connectivity index (χ3v) is 4.30. The van der Waals surface area contributed by atoms with E-state index < -0.39 is 0 Å². The fraction of sp³-hybridized carbons (Fsp3) is 0.571. The Hall–Kier alpha value is -0.120. The van der Waals surface area contributed by atoms with E-state index >= 15 is 0 Å². The monoisotopic (exact) mass is 335 g/mol. The molecule has 102 valence electrons. The molecule has 0 amide bonds. The second-order valence-electron chi connectivity index (χ2n) is 4.76. The van der Waals surface area contributed by atoms with Crippen LogP contribution >= 0.6 is 27.5 Å². The summed E-state index contributed by atoms with van der Waals surface area (Å²) in [7, 11) is 0. The Morgan fingerprint density at radius 1 is 1.39 bits per heavy atom. The zero-order valence-electron chi connectivity index (χ0n) is 11.1. The van der Waals surface area contributed by atoms with Gasteiger partial charge >= 0.3 is 0 Å². The first kappa shape index (κ1) is 15.9. The van der Waals surface area contributed by atoms with Crippen molar-refractivity contribution in [1.29, 1.82) is 0 Å². The number of nitrogens with one attached hydrogen (secondary N) is 1. The average molecular weight is 337 g/mol. The Morgan fingerprint density at radius 3 is 2.67 bits per heavy atom. The Kier molecular flexibility index (Phi) is 6.61. The lowest BCUT2D eigenvalue weighted by molar-refractivity contribution is 0.468. The maximum absolute atomic E-state index is 14.0. The second kappa shape index (κ2) is 7.46. The topological polar surface area (TPSA) is 12.0 Å². The van der Waals surface area contributed by atoms with Crippen LogP contribution in [0.4, 0.5) is 4.39 Å². The summed E-state index contributed by atoms with van der Waals surface area (Å²) < 4.78 is 14.6. The van der Waals surface area contributed by atoms with Crippen LogP contribution in [0, 0.1) is 5.82 Å². The summed E-state index contributed by atoms with van der Waals surface area (Å²) in [6.45, 7) is 7.30. The molecule has 18 heavy (non-hydrogen) atoms. The van der Waals surface area contributed by atoms with Crippen LogP contribution in [0.3, 0.4) is 0 Å². The summed E-state index contributed by atoms with van der Waals surface area (Å²) in [5, 5.41) is 3.59. The highest BCUT2D eigenvalue weighted by Gasteiger charge is 2.17. The molecule has 0 fully saturated rings. The van der Waals surface area contributed by atoms with Gasteiger partial charge in [-0.05, 0) is 59.8 Å². The number of hydrogen-bond acceptors (Lipinski definition) is 1. The van der Waals surface area contributed by atoms with Crippen LogP contribution in [0.5, 0.6) is 0 Å². The summed E-state index contributed by atoms with van der Waals surface area (Å²) in [5.74, 6) is -0.156. The van der Waals surface area contributed by atoms with Crippen molar-refractivity contribution in [2.75, 3.05) is 6.54 Å². The van der Waals surface area contributed by atoms with Crippen molar-refractivity contribution >= 4 is 27.5 Å². The van der Waals surface area contributed by atoms with Crippen molar-refractivity contribution in [1.82, 2.24) is 5.32 Å². The Bertz CT molecular complexity index is 398. The minimum Gasteiger partial charge on any atom is -0.314 e. The Morgan fingerprint density at radius 2 is 2.06 bits per heavy atom. The first-order chi connectivity index (χ1) is 8.47. The molecule has 0 saturated heterocycles. The van der Waals surface area contributed by atoms with Gasteiger partial charge < -0.3 is 5.32 Å². The SMILES string of the molecule is CCCNC(C)CC(C)c1ccc(Br)c(Cl)c1F. The molecule has 1 aromatic carbocycles. The smallest absolute Gasteiger partial charge is 0.146 e. The molecule has 1 rings (SSSR count). The molecule has 0 heterocycles. The second-order valence-corrected chi connectivity index (χ2v) is 5.99. The van der Waals surface area contributed by atoms with Crippen LogP contribution in [-0.4, -0.2) is 12.6 Å². The Labute approximate surface area is 122 Å². The standard InChI is InChI=1S/C14H20BrClFN/c1-4-7-18-10(3)8-9(2)11-5-6-12(15)13(16)14(11)17/h5-6,9-10,18H,4,7-8H2,1-3H3. The van der Waals surface area contributed by atoms with E-state index in [0.29, 0.717) is 16.1 Å². The third kappa shape index (κ3) is 4.22. The summed E-state index contributed by atoms with van der Waals surface area (Å²) in [5.41, 5.74) is 0.688. The van der Waals surface area contributed by atoms with Crippen molar-refractivity contribution in [3.63, 3.8) is 0 Å². The largest absolute Gasteiger partial charge is 0.314 e. The van der Waals surface area contributed by atoms with Crippen LogP contribution in [-0.2, 0) is 0 Å². The Balaban J connectivity index is 2.72. The quantitative estimate of drug-likeness (QED) is 0.711. The van der Waals surface area contributed by atoms with Crippen molar-refractivity contribution in [2.45, 2.75) is 45.6 Å². The molecule has 1 N–H and O–H groups in total. The molecule has 0 spiro atoms. The third-order valence-electron chi connectivity index (χ3n) is 3.05. The minimum absolute atomic E-state index is 0.148. The van der Waals surface area contributed by atoms with Gasteiger partial charge in [0.1, 0.15) is 5.82 Å². The summed E-state index contributed by atoms with van der Waals surface area (Å²) in [6, 6.07) is 3.99. The molecule has 0 aliphatic rings. The minimum atomic E-state index is -0.304. The summed E-state index contributed by atoms with van der Waals surface area (Å²) in [6.07, 6.45) is 2.01. The van der Waals surface area contributed by atoms with Gasteiger partial charge in [-0.2, -0.15) is 0 Å². The molecule has 0 aliphatic carbocycles. The van der Waals surface area contributed by atoms with Crippen LogP contribution in [0.1, 0.15) is 45.1 Å². The highest BCUT2D eigenvalue weighted by atomic mass is 79.9. The zero-order valence-corrected chi connectivity index (χ0v) is 13.4. The zero-order chi connectivity index (χ0) is 13.7. The van der Waals surface area contributed by atoms with Gasteiger partial charge in [0.05, 0.1) is 5.02 Å². The molecule has 2 atom stereocenters. The maximum Gasteiger partial charge on any atom is 0.146 e. The van der Waals surface area contributed by atoms with Crippen molar-refractivity contribution in [3.8, 4) is 0 Å². The van der Waals surface area contributed by atoms with Gasteiger partial charge in [-0.15, -0.1) is 0 Å². The van der Waals surface area contributed by atoms with Gasteiger partial charge in [0.25, 0.3) is 0 Å². The summed E-state index contributed by atoms with van der Waals surface area (Å²) in [4.78, 5) is 0. The van der Waals surface area contributed by atoms with E-state index in [4.69, 9.17) is 11.6 Å². The van der Waals surface area contributed by atoms with Crippen molar-refractivity contribution in [3.05, 3.63) is 33.0 Å². The molecule has 0 aliphatic heterocycles. The molecule has 0 radical (unpaired) electrons. The molecule has 1 nitrogen and oxygen atoms in total. The van der Waals surface area contributed by atoms with Crippen molar-refractivity contribution in [2.24, 2.45) is 0 Å². The molecule has 0 bridgehead atoms. The van der Waals surface area contributed by atoms with Crippen LogP contribution in [0.25, 0.3) is 0 Å². The van der Waals surface area contributed by atoms with Gasteiger partial charge in [-0.1, -0.05) is 31.5 Å². The van der Waals surface area contributed by atoms with Crippen LogP contribution in [0.15, 0.2) is 16.6 Å². The number of halogens is 3. The normalized spacial score (nSPS) is 14.6. The van der Waals surface area contributed by atoms with Crippen LogP contribution in [0.2, 0.25) is 5.02 Å². The maximum atomic E-state index is 14.0. The van der Waals surface area contributed by atoms with Gasteiger partial charge in [-0.3, -0.25) is 0 Å². The molecule has 2 unspecified atom stereocenters. The lowest BCUT2D eigenvalue weighted by atomic mass is 9.94. The number of rotatable bonds is 6. The van der Waals surface area contributed by atoms with E-state index in [2.05, 4.69) is 35.1 Å². The molecular formula is C14H20BrClFN. The predicted molar refractivity (Wildman–Crippen MR) is 79.9 cm³/mol. The highest BCUT2D eigenvalue weighted by molar-refractivity contribution is 9.10. The van der Waals surface area contributed by atoms with E-state index in [1.165, 1.54) is 0 Å². The first-order valence-electron chi connectivity index (χ1n) is 6.34. The van der Waals surface area contributed by atoms with E-state index in [1.807, 2.05) is 13.0 Å². The molecule has 0 aromatic heterocycles. The number of benzene rings is 1. The summed E-state index contributed by atoms with van der Waals surface area (Å²) >= 11 is 9.14. The van der Waals surface area contributed by atoms with E-state index in [0.717, 1.165) is 19.4 Å². The average Bonchev–Trinajstić information content (AvgIpc) is 2.33. The molecule has 0 saturated carbocycles. The van der Waals surface area contributed by atoms with Gasteiger partial charge in [0, 0.05) is 10.5 Å². The van der Waals surface area contributed by atoms with E-state index in [-0.39, 0.29) is 16.8 Å². The fourth-order valence-electron chi connectivity index (χ4n) is 2.05. The van der Waals surface area contributed by atoms with Crippen LogP contribution < -0.4 is 5.32 Å². The fourth-order valence-corrected chi connectivity index (χ4v) is 2.53. The number of hydrogen-bond donors (Lipinski definition) is 1. The molecule has 4 heteroatoms. The van der Waals surface area contributed by atoms with Crippen molar-refractivity contribution < 1.29 is 4.39 Å². The van der Waals surface area contributed by atoms with Gasteiger partial charge in [0.2, 0.25) is 0 Å². The molecular weight excluding hydrogens is 317 g/mol. The van der Waals surface area contributed by atoms with Gasteiger partial charge in [-0.25, -0.2) is 4.39 Å². The van der Waals surface area contributed by atoms with Gasteiger partial charge in [0.15, 0.2) is 0 Å². The lowest BCUT2D eigenvalue weighted by Gasteiger charge is -2.19. The lowest BCUT2D eigenvalue weighted by Crippen LogP contribution is -2.28. The predicted octanol–water partition coefficient (Wildman–Crippen LogP) is 5.12. The highest BCUT2D eigenvalue weighted by Crippen LogP contribution is 2.32. The van der Waals surface area contributed by atoms with E-state index in [9.17, 15) is 4.39 Å². The first-order valence-corrected chi connectivity index (χ1v) is 7.51.